The highest BCUT2D eigenvalue weighted by molar-refractivity contribution is 8.01. The Balaban J connectivity index is 1.77. The molecule has 1 fully saturated rings. The third-order valence-corrected chi connectivity index (χ3v) is 6.61. The average molecular weight is 364 g/mol. The third kappa shape index (κ3) is 3.21. The van der Waals surface area contributed by atoms with E-state index in [0.29, 0.717) is 12.3 Å². The van der Waals surface area contributed by atoms with E-state index in [9.17, 15) is 0 Å². The lowest BCUT2D eigenvalue weighted by molar-refractivity contribution is -0.0647. The van der Waals surface area contributed by atoms with Crippen molar-refractivity contribution in [2.45, 2.75) is 41.1 Å². The molecule has 2 atom stereocenters. The van der Waals surface area contributed by atoms with E-state index in [4.69, 9.17) is 14.7 Å². The van der Waals surface area contributed by atoms with E-state index in [1.54, 1.807) is 37.1 Å². The summed E-state index contributed by atoms with van der Waals surface area (Å²) in [6, 6.07) is 7.93. The minimum absolute atomic E-state index is 0.00604. The number of thiazole rings is 1. The van der Waals surface area contributed by atoms with Crippen molar-refractivity contribution < 1.29 is 14.7 Å². The molecule has 24 heavy (non-hydrogen) atoms. The number of nitrogens with zero attached hydrogens (tertiary/aromatic N) is 2. The molecule has 7 heteroatoms. The summed E-state index contributed by atoms with van der Waals surface area (Å²) in [5, 5.41) is 13.0. The van der Waals surface area contributed by atoms with Gasteiger partial charge in [-0.1, -0.05) is 29.1 Å². The maximum atomic E-state index is 8.82. The van der Waals surface area contributed by atoms with Gasteiger partial charge in [-0.2, -0.15) is 0 Å². The fourth-order valence-corrected chi connectivity index (χ4v) is 5.03. The summed E-state index contributed by atoms with van der Waals surface area (Å²) in [5.74, 6) is 0. The first kappa shape index (κ1) is 17.4. The van der Waals surface area contributed by atoms with Crippen molar-refractivity contribution in [1.82, 2.24) is 4.98 Å². The predicted octanol–water partition coefficient (Wildman–Crippen LogP) is 4.14. The monoisotopic (exact) mass is 364 g/mol. The average Bonchev–Trinajstić information content (AvgIpc) is 3.22. The molecule has 5 nitrogen and oxygen atoms in total. The maximum absolute atomic E-state index is 8.82. The minimum Gasteiger partial charge on any atom is -0.411 e. The van der Waals surface area contributed by atoms with Gasteiger partial charge in [0.15, 0.2) is 0 Å². The largest absolute Gasteiger partial charge is 0.411 e. The van der Waals surface area contributed by atoms with Gasteiger partial charge in [0, 0.05) is 18.4 Å². The summed E-state index contributed by atoms with van der Waals surface area (Å²) < 4.78 is 12.6. The summed E-state index contributed by atoms with van der Waals surface area (Å²) in [4.78, 5) is 5.70. The lowest BCUT2D eigenvalue weighted by atomic mass is 9.97. The van der Waals surface area contributed by atoms with Crippen molar-refractivity contribution in [1.29, 1.82) is 0 Å². The van der Waals surface area contributed by atoms with Gasteiger partial charge in [0.2, 0.25) is 0 Å². The Morgan fingerprint density at radius 3 is 2.79 bits per heavy atom. The standard InChI is InChI=1S/C17H20N2O3S2/c1-11(19-20)13-4-6-14(7-5-13)23-15-10-18-16(24-15)17(21-3)8-9-22-12(17)2/h4-7,10,12,20H,8-9H2,1-3H3/b19-11+. The van der Waals surface area contributed by atoms with Gasteiger partial charge in [0.25, 0.3) is 0 Å². The maximum Gasteiger partial charge on any atom is 0.147 e. The zero-order chi connectivity index (χ0) is 17.2. The summed E-state index contributed by atoms with van der Waals surface area (Å²) in [5.41, 5.74) is 1.08. The second-order valence-corrected chi connectivity index (χ2v) is 8.06. The van der Waals surface area contributed by atoms with E-state index in [1.165, 1.54) is 0 Å². The molecule has 0 saturated carbocycles. The first-order valence-electron chi connectivity index (χ1n) is 7.69. The third-order valence-electron chi connectivity index (χ3n) is 4.35. The van der Waals surface area contributed by atoms with E-state index in [-0.39, 0.29) is 6.10 Å². The normalized spacial score (nSPS) is 24.5. The van der Waals surface area contributed by atoms with Crippen LogP contribution in [0.1, 0.15) is 30.8 Å². The molecule has 1 N–H and O–H groups in total. The Labute approximate surface area is 149 Å². The molecule has 0 spiro atoms. The molecule has 1 aliphatic heterocycles. The van der Waals surface area contributed by atoms with E-state index >= 15 is 0 Å². The highest BCUT2D eigenvalue weighted by Crippen LogP contribution is 2.43. The molecule has 2 unspecified atom stereocenters. The summed E-state index contributed by atoms with van der Waals surface area (Å²) in [6.45, 7) is 4.51. The van der Waals surface area contributed by atoms with Crippen molar-refractivity contribution in [3.63, 3.8) is 0 Å². The topological polar surface area (TPSA) is 63.9 Å². The second kappa shape index (κ2) is 7.23. The van der Waals surface area contributed by atoms with Crippen LogP contribution in [0.4, 0.5) is 0 Å². The van der Waals surface area contributed by atoms with Crippen LogP contribution in [0.3, 0.4) is 0 Å². The molecule has 128 valence electrons. The Morgan fingerprint density at radius 1 is 1.46 bits per heavy atom. The highest BCUT2D eigenvalue weighted by Gasteiger charge is 2.45. The number of rotatable bonds is 5. The Bertz CT molecular complexity index is 730. The predicted molar refractivity (Wildman–Crippen MR) is 95.4 cm³/mol. The van der Waals surface area contributed by atoms with Crippen LogP contribution in [0, 0.1) is 0 Å². The Morgan fingerprint density at radius 2 is 2.21 bits per heavy atom. The fourth-order valence-electron chi connectivity index (χ4n) is 2.80. The van der Waals surface area contributed by atoms with E-state index in [0.717, 1.165) is 26.1 Å². The first-order valence-corrected chi connectivity index (χ1v) is 9.32. The molecule has 0 aliphatic carbocycles. The van der Waals surface area contributed by atoms with Crippen LogP contribution in [0.5, 0.6) is 0 Å². The van der Waals surface area contributed by atoms with Crippen LogP contribution in [0.2, 0.25) is 0 Å². The van der Waals surface area contributed by atoms with Gasteiger partial charge in [-0.25, -0.2) is 4.98 Å². The lowest BCUT2D eigenvalue weighted by Crippen LogP contribution is -2.35. The van der Waals surface area contributed by atoms with Crippen LogP contribution in [0.15, 0.2) is 44.7 Å². The summed E-state index contributed by atoms with van der Waals surface area (Å²) in [6.07, 6.45) is 2.73. The van der Waals surface area contributed by atoms with Crippen LogP contribution in [-0.4, -0.2) is 35.7 Å². The molecule has 0 bridgehead atoms. The number of aromatic nitrogens is 1. The lowest BCUT2D eigenvalue weighted by Gasteiger charge is -2.28. The highest BCUT2D eigenvalue weighted by atomic mass is 32.2. The number of methoxy groups -OCH3 is 1. The van der Waals surface area contributed by atoms with Gasteiger partial charge < -0.3 is 14.7 Å². The summed E-state index contributed by atoms with van der Waals surface area (Å²) >= 11 is 3.31. The number of hydrogen-bond donors (Lipinski definition) is 1. The van der Waals surface area contributed by atoms with E-state index < -0.39 is 5.60 Å². The zero-order valence-corrected chi connectivity index (χ0v) is 15.5. The van der Waals surface area contributed by atoms with Crippen LogP contribution in [-0.2, 0) is 15.1 Å². The molecule has 2 heterocycles. The SMILES string of the molecule is COC1(c2ncc(Sc3ccc(/C(C)=N/O)cc3)s2)CCOC1C. The number of ether oxygens (including phenoxy) is 2. The molecular weight excluding hydrogens is 344 g/mol. The number of benzene rings is 1. The molecule has 0 amide bonds. The minimum atomic E-state index is -0.429. The molecule has 1 aromatic carbocycles. The van der Waals surface area contributed by atoms with Gasteiger partial charge in [0.05, 0.1) is 28.8 Å². The van der Waals surface area contributed by atoms with Gasteiger partial charge in [-0.15, -0.1) is 11.3 Å². The molecular formula is C17H20N2O3S2. The number of hydrogen-bond acceptors (Lipinski definition) is 7. The van der Waals surface area contributed by atoms with Crippen molar-refractivity contribution in [2.24, 2.45) is 5.16 Å². The number of oxime groups is 1. The van der Waals surface area contributed by atoms with E-state index in [1.807, 2.05) is 37.4 Å². The van der Waals surface area contributed by atoms with Gasteiger partial charge in [-0.3, -0.25) is 0 Å². The van der Waals surface area contributed by atoms with Crippen LogP contribution >= 0.6 is 23.1 Å². The summed E-state index contributed by atoms with van der Waals surface area (Å²) in [7, 11) is 1.73. The van der Waals surface area contributed by atoms with Crippen LogP contribution in [0.25, 0.3) is 0 Å². The molecule has 1 saturated heterocycles. The smallest absolute Gasteiger partial charge is 0.147 e. The second-order valence-electron chi connectivity index (χ2n) is 5.65. The van der Waals surface area contributed by atoms with Crippen molar-refractivity contribution in [3.05, 3.63) is 41.0 Å². The fraction of sp³-hybridized carbons (Fsp3) is 0.412. The van der Waals surface area contributed by atoms with E-state index in [2.05, 4.69) is 10.1 Å². The molecule has 2 aromatic rings. The van der Waals surface area contributed by atoms with Gasteiger partial charge >= 0.3 is 0 Å². The van der Waals surface area contributed by atoms with Gasteiger partial charge in [0.1, 0.15) is 10.6 Å². The first-order chi connectivity index (χ1) is 11.6. The Kier molecular flexibility index (Phi) is 5.24. The van der Waals surface area contributed by atoms with Crippen molar-refractivity contribution in [2.75, 3.05) is 13.7 Å². The van der Waals surface area contributed by atoms with Gasteiger partial charge in [-0.05, 0) is 31.5 Å². The quantitative estimate of drug-likeness (QED) is 0.491. The van der Waals surface area contributed by atoms with Crippen LogP contribution < -0.4 is 0 Å². The zero-order valence-electron chi connectivity index (χ0n) is 13.9. The van der Waals surface area contributed by atoms with Crippen molar-refractivity contribution in [3.8, 4) is 0 Å². The molecule has 1 aliphatic rings. The molecule has 0 radical (unpaired) electrons. The van der Waals surface area contributed by atoms with Crippen molar-refractivity contribution >= 4 is 28.8 Å². The Hall–Kier alpha value is -1.41. The molecule has 3 rings (SSSR count). The molecule has 1 aromatic heterocycles.